The van der Waals surface area contributed by atoms with Crippen LogP contribution >= 0.6 is 8.58 Å². The number of likely N-dealkylation sites (N-methyl/N-ethyl adjacent to an activating group) is 1. The maximum atomic E-state index is 12.9. The van der Waals surface area contributed by atoms with Crippen LogP contribution in [-0.4, -0.2) is 100 Å². The predicted molar refractivity (Wildman–Crippen MR) is 298 cm³/mol. The fourth-order valence-electron chi connectivity index (χ4n) is 9.42. The van der Waals surface area contributed by atoms with Crippen molar-refractivity contribution in [2.24, 2.45) is 11.8 Å². The van der Waals surface area contributed by atoms with Gasteiger partial charge in [-0.15, -0.1) is 8.58 Å². The third kappa shape index (κ3) is 52.4. The van der Waals surface area contributed by atoms with Crippen molar-refractivity contribution in [2.45, 2.75) is 278 Å². The maximum absolute atomic E-state index is 12.9. The summed E-state index contributed by atoms with van der Waals surface area (Å²) in [6, 6.07) is 0. The molecular weight excluding hydrogens is 1060 g/mol. The van der Waals surface area contributed by atoms with Gasteiger partial charge in [-0.05, 0) is 128 Å². The van der Waals surface area contributed by atoms with Crippen LogP contribution < -0.4 is 5.32 Å². The first-order valence-corrected chi connectivity index (χ1v) is 31.6. The average molecular weight is 1180 g/mol. The van der Waals surface area contributed by atoms with Crippen LogP contribution in [0.3, 0.4) is 0 Å². The van der Waals surface area contributed by atoms with Gasteiger partial charge in [-0.1, -0.05) is 182 Å². The Morgan fingerprint density at radius 2 is 0.812 bits per heavy atom. The van der Waals surface area contributed by atoms with E-state index >= 15 is 0 Å². The van der Waals surface area contributed by atoms with Crippen molar-refractivity contribution in [3.63, 3.8) is 0 Å². The molecular formula is C59H118HgN3O5P. The fourth-order valence-corrected chi connectivity index (χ4v) is 10.0. The summed E-state index contributed by atoms with van der Waals surface area (Å²) in [4.78, 5) is 43.1. The van der Waals surface area contributed by atoms with Gasteiger partial charge >= 0.3 is 11.9 Å². The summed E-state index contributed by atoms with van der Waals surface area (Å²) in [7, 11) is 3.27. The molecule has 0 fully saturated rings. The van der Waals surface area contributed by atoms with Gasteiger partial charge in [0.05, 0.1) is 13.2 Å². The Labute approximate surface area is 452 Å². The maximum Gasteiger partial charge on any atom is 0.305 e. The summed E-state index contributed by atoms with van der Waals surface area (Å²) < 4.78 is 11.8. The van der Waals surface area contributed by atoms with E-state index in [-0.39, 0.29) is 45.5 Å². The number of unbranched alkanes of at least 4 members (excludes halogenated alkanes) is 24. The number of carbonyl (C=O) groups is 3. The number of ether oxygens (including phenoxy) is 2. The van der Waals surface area contributed by atoms with Crippen LogP contribution in [0.2, 0.25) is 0 Å². The topological polar surface area (TPSA) is 88.2 Å². The van der Waals surface area contributed by atoms with Crippen molar-refractivity contribution < 1.29 is 51.5 Å². The molecule has 0 saturated heterocycles. The smallest absolute Gasteiger partial charge is 0.305 e. The zero-order valence-corrected chi connectivity index (χ0v) is 53.7. The van der Waals surface area contributed by atoms with Crippen LogP contribution in [0.5, 0.6) is 0 Å². The predicted octanol–water partition coefficient (Wildman–Crippen LogP) is 16.3. The van der Waals surface area contributed by atoms with E-state index < -0.39 is 0 Å². The minimum Gasteiger partial charge on any atom is -0.465 e. The first-order valence-electron chi connectivity index (χ1n) is 29.9. The molecule has 0 aromatic carbocycles. The number of amides is 1. The minimum absolute atomic E-state index is 0. The molecule has 1 amide bonds. The van der Waals surface area contributed by atoms with Crippen molar-refractivity contribution in [3.8, 4) is 0 Å². The van der Waals surface area contributed by atoms with Crippen LogP contribution in [0, 0.1) is 11.8 Å². The van der Waals surface area contributed by atoms with Gasteiger partial charge < -0.3 is 24.6 Å². The summed E-state index contributed by atoms with van der Waals surface area (Å²) in [5.74, 6) is 1.21. The van der Waals surface area contributed by atoms with Crippen LogP contribution in [0.25, 0.3) is 0 Å². The second-order valence-electron chi connectivity index (χ2n) is 21.0. The first-order chi connectivity index (χ1) is 33.3. The molecule has 0 aliphatic heterocycles. The van der Waals surface area contributed by atoms with E-state index in [9.17, 15) is 14.4 Å². The quantitative estimate of drug-likeness (QED) is 0.0281. The Bertz CT molecular complexity index is 1030. The number of carbonyl (C=O) groups excluding carboxylic acids is 3. The van der Waals surface area contributed by atoms with E-state index in [1.54, 1.807) is 0 Å². The van der Waals surface area contributed by atoms with Gasteiger partial charge in [0.1, 0.15) is 0 Å². The molecule has 0 aliphatic rings. The van der Waals surface area contributed by atoms with Gasteiger partial charge in [-0.2, -0.15) is 0 Å². The molecule has 0 radical (unpaired) electrons. The van der Waals surface area contributed by atoms with Gasteiger partial charge in [0, 0.05) is 66.6 Å². The van der Waals surface area contributed by atoms with Crippen LogP contribution in [0.1, 0.15) is 278 Å². The van der Waals surface area contributed by atoms with Gasteiger partial charge in [-0.3, -0.25) is 14.4 Å². The van der Waals surface area contributed by atoms with Gasteiger partial charge in [0.2, 0.25) is 5.91 Å². The summed E-state index contributed by atoms with van der Waals surface area (Å²) in [6.07, 6.45) is 46.6. The Morgan fingerprint density at radius 1 is 0.435 bits per heavy atom. The number of hydrogen-bond donors (Lipinski definition) is 1. The Hall–Kier alpha value is -0.305. The monoisotopic (exact) mass is 1180 g/mol. The van der Waals surface area contributed by atoms with E-state index in [1.807, 2.05) is 0 Å². The number of rotatable bonds is 55. The molecule has 0 heterocycles. The normalized spacial score (nSPS) is 12.5. The van der Waals surface area contributed by atoms with Gasteiger partial charge in [-0.25, -0.2) is 0 Å². The third-order valence-corrected chi connectivity index (χ3v) is 15.1. The molecule has 0 aromatic rings. The SMILES string of the molecule is CCCCCCCCC(CCCCCC)COC(=O)CCCCCN(CCCCCC(=O)OCC(CCCCCC)CCCCCCCC)CCN(C)CCCCNC(=O)CCCCCCPC.[Hg]. The van der Waals surface area contributed by atoms with E-state index in [0.29, 0.717) is 44.3 Å². The number of nitrogens with zero attached hydrogens (tertiary/aromatic N) is 2. The molecule has 10 heteroatoms. The average Bonchev–Trinajstić information content (AvgIpc) is 3.33. The zero-order chi connectivity index (χ0) is 49.8. The number of esters is 2. The zero-order valence-electron chi connectivity index (χ0n) is 47.2. The van der Waals surface area contributed by atoms with Crippen molar-refractivity contribution in [1.29, 1.82) is 0 Å². The molecule has 406 valence electrons. The summed E-state index contributed by atoms with van der Waals surface area (Å²) >= 11 is 0. The molecule has 0 aliphatic carbocycles. The van der Waals surface area contributed by atoms with E-state index in [2.05, 4.69) is 56.5 Å². The molecule has 8 nitrogen and oxygen atoms in total. The summed E-state index contributed by atoms with van der Waals surface area (Å²) in [5.41, 5.74) is 0. The number of nitrogens with one attached hydrogen (secondary N) is 1. The van der Waals surface area contributed by atoms with Crippen LogP contribution in [-0.2, 0) is 51.5 Å². The molecule has 69 heavy (non-hydrogen) atoms. The van der Waals surface area contributed by atoms with Gasteiger partial charge in [0.25, 0.3) is 0 Å². The first kappa shape index (κ1) is 70.8. The van der Waals surface area contributed by atoms with E-state index in [1.165, 1.54) is 180 Å². The second kappa shape index (κ2) is 57.0. The molecule has 0 bridgehead atoms. The van der Waals surface area contributed by atoms with Crippen molar-refractivity contribution in [2.75, 3.05) is 72.4 Å². The largest absolute Gasteiger partial charge is 0.465 e. The van der Waals surface area contributed by atoms with Crippen molar-refractivity contribution in [1.82, 2.24) is 15.1 Å². The van der Waals surface area contributed by atoms with Gasteiger partial charge in [0.15, 0.2) is 0 Å². The van der Waals surface area contributed by atoms with E-state index in [0.717, 1.165) is 106 Å². The third-order valence-electron chi connectivity index (χ3n) is 14.2. The molecule has 1 N–H and O–H groups in total. The minimum atomic E-state index is -0.0126. The summed E-state index contributed by atoms with van der Waals surface area (Å²) in [6.45, 7) is 18.5. The standard InChI is InChI=1S/C59H118N3O5P.Hg/c1-7-11-15-19-21-29-41-55(39-27-17-13-9-3)53-66-58(64)44-32-25-35-48-62(51-50-61(5)47-37-34-46-60-57(63)43-31-23-24-38-52-68-6)49-36-26-33-45-59(65)67-54-56(40-28-18-14-10-4)42-30-22-20-16-12-8-2;/h55-56,68H,7-54H2,1-6H3,(H,60,63);. The molecule has 0 aromatic heterocycles. The molecule has 3 unspecified atom stereocenters. The van der Waals surface area contributed by atoms with Crippen LogP contribution in [0.4, 0.5) is 0 Å². The van der Waals surface area contributed by atoms with Crippen molar-refractivity contribution in [3.05, 3.63) is 0 Å². The van der Waals surface area contributed by atoms with E-state index in [4.69, 9.17) is 9.47 Å². The molecule has 0 spiro atoms. The Morgan fingerprint density at radius 3 is 1.28 bits per heavy atom. The Balaban J connectivity index is 0. The van der Waals surface area contributed by atoms with Crippen molar-refractivity contribution >= 4 is 26.4 Å². The van der Waals surface area contributed by atoms with Crippen LogP contribution in [0.15, 0.2) is 0 Å². The molecule has 3 atom stereocenters. The number of hydrogen-bond acceptors (Lipinski definition) is 7. The second-order valence-corrected chi connectivity index (χ2v) is 22.2. The fraction of sp³-hybridized carbons (Fsp3) is 0.949. The summed E-state index contributed by atoms with van der Waals surface area (Å²) in [5, 5.41) is 3.14. The molecule has 0 rings (SSSR count). The molecule has 0 saturated carbocycles. The Kier molecular flexibility index (Phi) is 58.4.